The van der Waals surface area contributed by atoms with Crippen LogP contribution in [0, 0.1) is 6.92 Å². The van der Waals surface area contributed by atoms with Crippen molar-refractivity contribution in [1.82, 2.24) is 14.6 Å². The maximum Gasteiger partial charge on any atom is 0.282 e. The first-order valence-electron chi connectivity index (χ1n) is 10.4. The van der Waals surface area contributed by atoms with Gasteiger partial charge in [-0.15, -0.1) is 0 Å². The molecular weight excluding hydrogens is 360 g/mol. The Balaban J connectivity index is 1.68. The van der Waals surface area contributed by atoms with Crippen molar-refractivity contribution in [3.8, 4) is 0 Å². The molecule has 5 rings (SSSR count). The Hall–Kier alpha value is -3.21. The summed E-state index contributed by atoms with van der Waals surface area (Å²) in [7, 11) is 0. The Morgan fingerprint density at radius 3 is 2.59 bits per heavy atom. The van der Waals surface area contributed by atoms with Gasteiger partial charge in [-0.25, -0.2) is 4.98 Å². The highest BCUT2D eigenvalue weighted by Crippen LogP contribution is 2.31. The predicted octanol–water partition coefficient (Wildman–Crippen LogP) is 5.12. The summed E-state index contributed by atoms with van der Waals surface area (Å²) in [4.78, 5) is 21.6. The number of aromatic amines is 1. The van der Waals surface area contributed by atoms with Gasteiger partial charge in [-0.2, -0.15) is 9.78 Å². The molecule has 2 aromatic carbocycles. The number of aryl methyl sites for hydroxylation is 1. The highest BCUT2D eigenvalue weighted by molar-refractivity contribution is 6.00. The third-order valence-electron chi connectivity index (χ3n) is 5.99. The molecule has 2 heterocycles. The highest BCUT2D eigenvalue weighted by atomic mass is 16.1. The molecule has 0 atom stereocenters. The van der Waals surface area contributed by atoms with E-state index < -0.39 is 0 Å². The molecule has 0 unspecified atom stereocenters. The van der Waals surface area contributed by atoms with Gasteiger partial charge in [0.2, 0.25) is 0 Å². The van der Waals surface area contributed by atoms with Crippen LogP contribution in [0.5, 0.6) is 0 Å². The van der Waals surface area contributed by atoms with Crippen molar-refractivity contribution in [2.24, 2.45) is 5.10 Å². The van der Waals surface area contributed by atoms with E-state index >= 15 is 0 Å². The quantitative estimate of drug-likeness (QED) is 0.499. The van der Waals surface area contributed by atoms with Crippen LogP contribution in [0.15, 0.2) is 58.4 Å². The van der Waals surface area contributed by atoms with Crippen molar-refractivity contribution in [3.63, 3.8) is 0 Å². The van der Waals surface area contributed by atoms with Gasteiger partial charge in [0.15, 0.2) is 0 Å². The molecule has 2 aromatic heterocycles. The van der Waals surface area contributed by atoms with Crippen molar-refractivity contribution in [3.05, 3.63) is 76.0 Å². The van der Waals surface area contributed by atoms with E-state index in [9.17, 15) is 4.79 Å². The first-order chi connectivity index (χ1) is 14.2. The summed E-state index contributed by atoms with van der Waals surface area (Å²) in [6, 6.07) is 15.7. The van der Waals surface area contributed by atoms with E-state index in [1.54, 1.807) is 10.9 Å². The Morgan fingerprint density at radius 1 is 1.03 bits per heavy atom. The van der Waals surface area contributed by atoms with Crippen molar-refractivity contribution in [2.45, 2.75) is 44.9 Å². The molecule has 5 nitrogen and oxygen atoms in total. The first-order valence-corrected chi connectivity index (χ1v) is 10.4. The summed E-state index contributed by atoms with van der Waals surface area (Å²) in [6.45, 7) is 2.03. The molecule has 29 heavy (non-hydrogen) atoms. The molecule has 5 heteroatoms. The number of nitrogens with one attached hydrogen (secondary N) is 1. The zero-order valence-electron chi connectivity index (χ0n) is 16.6. The second-order valence-corrected chi connectivity index (χ2v) is 7.89. The number of H-pyrrole nitrogens is 1. The Kier molecular flexibility index (Phi) is 4.51. The minimum absolute atomic E-state index is 0.0927. The lowest BCUT2D eigenvalue weighted by Crippen LogP contribution is -2.25. The monoisotopic (exact) mass is 384 g/mol. The van der Waals surface area contributed by atoms with Crippen LogP contribution in [0.25, 0.3) is 21.8 Å². The summed E-state index contributed by atoms with van der Waals surface area (Å²) in [5.41, 5.74) is 3.78. The van der Waals surface area contributed by atoms with Crippen molar-refractivity contribution in [2.75, 3.05) is 0 Å². The number of rotatable bonds is 3. The molecule has 1 saturated carbocycles. The summed E-state index contributed by atoms with van der Waals surface area (Å²) >= 11 is 0. The van der Waals surface area contributed by atoms with Gasteiger partial charge in [0.25, 0.3) is 5.56 Å². The van der Waals surface area contributed by atoms with E-state index in [4.69, 9.17) is 4.98 Å². The standard InChI is InChI=1S/C24H24N4O/c1-16-20(18-11-5-7-13-21(18)26-16)15-25-28-23(17-9-3-2-4-10-17)27-22-14-8-6-12-19(22)24(28)29/h5-8,11-15,17,26H,2-4,9-10H2,1H3. The molecule has 1 aliphatic rings. The third kappa shape index (κ3) is 3.16. The molecule has 0 amide bonds. The molecule has 0 bridgehead atoms. The van der Waals surface area contributed by atoms with Crippen LogP contribution in [0.1, 0.15) is 55.1 Å². The van der Waals surface area contributed by atoms with Crippen molar-refractivity contribution < 1.29 is 0 Å². The second kappa shape index (κ2) is 7.32. The van der Waals surface area contributed by atoms with E-state index in [-0.39, 0.29) is 11.5 Å². The zero-order valence-corrected chi connectivity index (χ0v) is 16.6. The van der Waals surface area contributed by atoms with Crippen LogP contribution in [-0.2, 0) is 0 Å². The Bertz CT molecular complexity index is 1280. The molecule has 0 saturated heterocycles. The fourth-order valence-electron chi connectivity index (χ4n) is 4.46. The molecule has 0 aliphatic heterocycles. The van der Waals surface area contributed by atoms with Crippen LogP contribution in [0.4, 0.5) is 0 Å². The lowest BCUT2D eigenvalue weighted by Gasteiger charge is -2.22. The number of hydrogen-bond donors (Lipinski definition) is 1. The zero-order chi connectivity index (χ0) is 19.8. The van der Waals surface area contributed by atoms with Gasteiger partial charge in [-0.05, 0) is 38.0 Å². The maximum absolute atomic E-state index is 13.3. The number of benzene rings is 2. The molecule has 1 aliphatic carbocycles. The van der Waals surface area contributed by atoms with Gasteiger partial charge >= 0.3 is 0 Å². The fourth-order valence-corrected chi connectivity index (χ4v) is 4.46. The first kappa shape index (κ1) is 17.9. The number of hydrogen-bond acceptors (Lipinski definition) is 3. The van der Waals surface area contributed by atoms with E-state index in [0.717, 1.165) is 46.3 Å². The van der Waals surface area contributed by atoms with E-state index in [1.165, 1.54) is 19.3 Å². The summed E-state index contributed by atoms with van der Waals surface area (Å²) in [5, 5.41) is 6.40. The number of fused-ring (bicyclic) bond motifs is 2. The van der Waals surface area contributed by atoms with Crippen LogP contribution in [-0.4, -0.2) is 20.9 Å². The van der Waals surface area contributed by atoms with Gasteiger partial charge in [0, 0.05) is 28.1 Å². The lowest BCUT2D eigenvalue weighted by atomic mass is 9.88. The topological polar surface area (TPSA) is 63.0 Å². The molecular formula is C24H24N4O. The lowest BCUT2D eigenvalue weighted by molar-refractivity contribution is 0.416. The smallest absolute Gasteiger partial charge is 0.282 e. The minimum Gasteiger partial charge on any atom is -0.358 e. The molecule has 4 aromatic rings. The highest BCUT2D eigenvalue weighted by Gasteiger charge is 2.22. The van der Waals surface area contributed by atoms with E-state index in [2.05, 4.69) is 22.2 Å². The fraction of sp³-hybridized carbons (Fsp3) is 0.292. The Labute approximate surface area is 169 Å². The molecule has 0 spiro atoms. The number of para-hydroxylation sites is 2. The second-order valence-electron chi connectivity index (χ2n) is 7.89. The van der Waals surface area contributed by atoms with E-state index in [0.29, 0.717) is 5.39 Å². The largest absolute Gasteiger partial charge is 0.358 e. The van der Waals surface area contributed by atoms with Crippen LogP contribution in [0.2, 0.25) is 0 Å². The predicted molar refractivity (Wildman–Crippen MR) is 118 cm³/mol. The van der Waals surface area contributed by atoms with Gasteiger partial charge < -0.3 is 4.98 Å². The average molecular weight is 384 g/mol. The maximum atomic E-state index is 13.3. The van der Waals surface area contributed by atoms with Crippen LogP contribution in [0.3, 0.4) is 0 Å². The summed E-state index contributed by atoms with van der Waals surface area (Å²) in [6.07, 6.45) is 7.54. The minimum atomic E-state index is -0.0927. The normalized spacial score (nSPS) is 15.6. The van der Waals surface area contributed by atoms with Gasteiger partial charge in [0.05, 0.1) is 17.1 Å². The SMILES string of the molecule is Cc1[nH]c2ccccc2c1C=Nn1c(C2CCCCC2)nc2ccccc2c1=O. The Morgan fingerprint density at radius 2 is 1.76 bits per heavy atom. The average Bonchev–Trinajstić information content (AvgIpc) is 3.08. The number of aromatic nitrogens is 3. The van der Waals surface area contributed by atoms with Gasteiger partial charge in [-0.1, -0.05) is 49.6 Å². The summed E-state index contributed by atoms with van der Waals surface area (Å²) < 4.78 is 1.54. The van der Waals surface area contributed by atoms with Crippen LogP contribution < -0.4 is 5.56 Å². The number of nitrogens with zero attached hydrogens (tertiary/aromatic N) is 3. The van der Waals surface area contributed by atoms with Gasteiger partial charge in [0.1, 0.15) is 5.82 Å². The van der Waals surface area contributed by atoms with Crippen molar-refractivity contribution in [1.29, 1.82) is 0 Å². The molecule has 146 valence electrons. The summed E-state index contributed by atoms with van der Waals surface area (Å²) in [5.74, 6) is 1.07. The van der Waals surface area contributed by atoms with Crippen molar-refractivity contribution >= 4 is 28.0 Å². The van der Waals surface area contributed by atoms with E-state index in [1.807, 2.05) is 43.3 Å². The third-order valence-corrected chi connectivity index (χ3v) is 5.99. The van der Waals surface area contributed by atoms with Gasteiger partial charge in [-0.3, -0.25) is 4.79 Å². The molecule has 1 fully saturated rings. The molecule has 0 radical (unpaired) electrons. The van der Waals surface area contributed by atoms with Crippen LogP contribution >= 0.6 is 0 Å². The molecule has 1 N–H and O–H groups in total.